The Morgan fingerprint density at radius 2 is 1.96 bits per heavy atom. The molecule has 1 heterocycles. The van der Waals surface area contributed by atoms with Gasteiger partial charge in [-0.1, -0.05) is 0 Å². The molecule has 0 atom stereocenters. The number of fused-ring (bicyclic) bond motifs is 1. The van der Waals surface area contributed by atoms with Crippen molar-refractivity contribution in [3.05, 3.63) is 58.1 Å². The molecule has 0 unspecified atom stereocenters. The molecular weight excluding hydrogens is 302 g/mol. The molecule has 3 aromatic rings. The number of anilines is 3. The normalized spacial score (nSPS) is 11.0. The van der Waals surface area contributed by atoms with Crippen LogP contribution in [0.5, 0.6) is 0 Å². The lowest BCUT2D eigenvalue weighted by atomic mass is 10.1. The average molecular weight is 316 g/mol. The summed E-state index contributed by atoms with van der Waals surface area (Å²) in [6, 6.07) is 5.47. The molecule has 0 fully saturated rings. The quantitative estimate of drug-likeness (QED) is 0.713. The minimum Gasteiger partial charge on any atom is -0.396 e. The van der Waals surface area contributed by atoms with E-state index in [1.807, 2.05) is 0 Å². The van der Waals surface area contributed by atoms with Crippen LogP contribution in [-0.4, -0.2) is 9.55 Å². The number of aromatic nitrogens is 2. The summed E-state index contributed by atoms with van der Waals surface area (Å²) in [6.07, 6.45) is 1.43. The van der Waals surface area contributed by atoms with Crippen LogP contribution in [0.1, 0.15) is 5.56 Å². The number of aryl methyl sites for hydroxylation is 2. The molecule has 1 aromatic heterocycles. The fourth-order valence-electron chi connectivity index (χ4n) is 2.41. The fraction of sp³-hybridized carbons (Fsp3) is 0.125. The van der Waals surface area contributed by atoms with Crippen LogP contribution in [0.25, 0.3) is 10.9 Å². The summed E-state index contributed by atoms with van der Waals surface area (Å²) in [4.78, 5) is 16.4. The number of hydrogen-bond acceptors (Lipinski definition) is 4. The minimum absolute atomic E-state index is 0.162. The Morgan fingerprint density at radius 3 is 2.70 bits per heavy atom. The molecule has 0 aliphatic rings. The molecule has 0 amide bonds. The van der Waals surface area contributed by atoms with Gasteiger partial charge in [0, 0.05) is 12.7 Å². The number of hydrogen-bond donors (Lipinski definition) is 2. The first kappa shape index (κ1) is 15.0. The third-order valence-electron chi connectivity index (χ3n) is 3.73. The minimum atomic E-state index is -0.872. The first-order valence-electron chi connectivity index (χ1n) is 6.85. The van der Waals surface area contributed by atoms with E-state index in [2.05, 4.69) is 10.3 Å². The summed E-state index contributed by atoms with van der Waals surface area (Å²) in [5, 5.41) is 3.08. The highest BCUT2D eigenvalue weighted by atomic mass is 19.1. The molecule has 3 rings (SSSR count). The molecule has 7 heteroatoms. The zero-order chi connectivity index (χ0) is 16.7. The molecule has 0 saturated heterocycles. The summed E-state index contributed by atoms with van der Waals surface area (Å²) in [7, 11) is 1.59. The van der Waals surface area contributed by atoms with Crippen LogP contribution in [0.2, 0.25) is 0 Å². The van der Waals surface area contributed by atoms with E-state index < -0.39 is 11.6 Å². The molecule has 2 aromatic carbocycles. The van der Waals surface area contributed by atoms with E-state index in [-0.39, 0.29) is 16.9 Å². The fourth-order valence-corrected chi connectivity index (χ4v) is 2.41. The largest absolute Gasteiger partial charge is 0.396 e. The molecule has 0 bridgehead atoms. The number of benzene rings is 2. The van der Waals surface area contributed by atoms with E-state index in [0.717, 1.165) is 12.1 Å². The van der Waals surface area contributed by atoms with E-state index in [9.17, 15) is 13.6 Å². The number of rotatable bonds is 2. The van der Waals surface area contributed by atoms with Gasteiger partial charge in [0.25, 0.3) is 5.56 Å². The van der Waals surface area contributed by atoms with Crippen molar-refractivity contribution in [2.75, 3.05) is 11.1 Å². The van der Waals surface area contributed by atoms with Crippen LogP contribution in [0, 0.1) is 18.6 Å². The molecule has 118 valence electrons. The smallest absolute Gasteiger partial charge is 0.261 e. The molecule has 23 heavy (non-hydrogen) atoms. The lowest BCUT2D eigenvalue weighted by Gasteiger charge is -2.14. The van der Waals surface area contributed by atoms with Gasteiger partial charge in [-0.05, 0) is 36.8 Å². The van der Waals surface area contributed by atoms with Gasteiger partial charge < -0.3 is 15.6 Å². The predicted molar refractivity (Wildman–Crippen MR) is 85.8 cm³/mol. The van der Waals surface area contributed by atoms with Crippen molar-refractivity contribution in [2.45, 2.75) is 6.92 Å². The van der Waals surface area contributed by atoms with Gasteiger partial charge in [-0.25, -0.2) is 13.8 Å². The summed E-state index contributed by atoms with van der Waals surface area (Å²) in [5.41, 5.74) is 6.20. The van der Waals surface area contributed by atoms with Crippen LogP contribution in [0.3, 0.4) is 0 Å². The SMILES string of the molecule is Cc1c(Nc2c(F)ccc(N)c2F)ccc2ncn(C)c(=O)c12. The Balaban J connectivity index is 2.19. The molecule has 0 aliphatic heterocycles. The van der Waals surface area contributed by atoms with Crippen LogP contribution >= 0.6 is 0 Å². The van der Waals surface area contributed by atoms with Crippen LogP contribution < -0.4 is 16.6 Å². The summed E-state index contributed by atoms with van der Waals surface area (Å²) < 4.78 is 29.2. The summed E-state index contributed by atoms with van der Waals surface area (Å²) in [5.74, 6) is -1.64. The molecule has 0 saturated carbocycles. The van der Waals surface area contributed by atoms with Gasteiger partial charge in [-0.15, -0.1) is 0 Å². The van der Waals surface area contributed by atoms with Crippen molar-refractivity contribution in [3.8, 4) is 0 Å². The van der Waals surface area contributed by atoms with Crippen molar-refractivity contribution in [1.29, 1.82) is 0 Å². The second kappa shape index (κ2) is 5.35. The Morgan fingerprint density at radius 1 is 1.22 bits per heavy atom. The van der Waals surface area contributed by atoms with E-state index in [4.69, 9.17) is 5.73 Å². The number of nitrogens with zero attached hydrogens (tertiary/aromatic N) is 2. The van der Waals surface area contributed by atoms with Crippen molar-refractivity contribution >= 4 is 28.0 Å². The highest BCUT2D eigenvalue weighted by Crippen LogP contribution is 2.30. The second-order valence-corrected chi connectivity index (χ2v) is 5.24. The standard InChI is InChI=1S/C16H14F2N4O/c1-8-11(21-15-9(17)3-4-10(19)14(15)18)5-6-12-13(8)16(23)22(2)7-20-12/h3-7,21H,19H2,1-2H3. The molecule has 0 spiro atoms. The maximum atomic E-state index is 14.0. The zero-order valence-electron chi connectivity index (χ0n) is 12.5. The van der Waals surface area contributed by atoms with E-state index in [1.165, 1.54) is 10.9 Å². The van der Waals surface area contributed by atoms with Gasteiger partial charge in [-0.3, -0.25) is 4.79 Å². The third-order valence-corrected chi connectivity index (χ3v) is 3.73. The first-order valence-corrected chi connectivity index (χ1v) is 6.85. The Hall–Kier alpha value is -2.96. The maximum absolute atomic E-state index is 14.0. The van der Waals surface area contributed by atoms with Gasteiger partial charge in [0.1, 0.15) is 11.5 Å². The van der Waals surface area contributed by atoms with Crippen molar-refractivity contribution in [3.63, 3.8) is 0 Å². The number of halogens is 2. The van der Waals surface area contributed by atoms with Gasteiger partial charge in [0.15, 0.2) is 5.82 Å². The van der Waals surface area contributed by atoms with Crippen LogP contribution in [-0.2, 0) is 7.05 Å². The van der Waals surface area contributed by atoms with Gasteiger partial charge in [0.2, 0.25) is 0 Å². The summed E-state index contributed by atoms with van der Waals surface area (Å²) >= 11 is 0. The van der Waals surface area contributed by atoms with Crippen LogP contribution in [0.4, 0.5) is 25.8 Å². The molecule has 5 nitrogen and oxygen atoms in total. The van der Waals surface area contributed by atoms with Gasteiger partial charge in [-0.2, -0.15) is 0 Å². The molecule has 0 aliphatic carbocycles. The van der Waals surface area contributed by atoms with Crippen LogP contribution in [0.15, 0.2) is 35.4 Å². The van der Waals surface area contributed by atoms with E-state index >= 15 is 0 Å². The highest BCUT2D eigenvalue weighted by molar-refractivity contribution is 5.87. The average Bonchev–Trinajstić information content (AvgIpc) is 2.53. The van der Waals surface area contributed by atoms with Gasteiger partial charge in [0.05, 0.1) is 22.9 Å². The third kappa shape index (κ3) is 2.40. The lowest BCUT2D eigenvalue weighted by molar-refractivity contribution is 0.593. The van der Waals surface area contributed by atoms with Gasteiger partial charge >= 0.3 is 0 Å². The topological polar surface area (TPSA) is 72.9 Å². The number of nitrogens with one attached hydrogen (secondary N) is 1. The van der Waals surface area contributed by atoms with E-state index in [0.29, 0.717) is 22.2 Å². The number of nitrogens with two attached hydrogens (primary N) is 1. The molecule has 0 radical (unpaired) electrons. The Labute approximate surface area is 130 Å². The Kier molecular flexibility index (Phi) is 3.48. The van der Waals surface area contributed by atoms with E-state index in [1.54, 1.807) is 26.1 Å². The highest BCUT2D eigenvalue weighted by Gasteiger charge is 2.15. The van der Waals surface area contributed by atoms with Crippen molar-refractivity contribution < 1.29 is 8.78 Å². The maximum Gasteiger partial charge on any atom is 0.261 e. The summed E-state index contributed by atoms with van der Waals surface area (Å²) in [6.45, 7) is 1.69. The predicted octanol–water partition coefficient (Wildman–Crippen LogP) is 2.85. The van der Waals surface area contributed by atoms with Crippen molar-refractivity contribution in [1.82, 2.24) is 9.55 Å². The number of nitrogen functional groups attached to an aromatic ring is 1. The Bertz CT molecular complexity index is 982. The lowest BCUT2D eigenvalue weighted by Crippen LogP contribution is -2.18. The first-order chi connectivity index (χ1) is 10.9. The molecular formula is C16H14F2N4O. The molecule has 3 N–H and O–H groups in total. The zero-order valence-corrected chi connectivity index (χ0v) is 12.5. The monoisotopic (exact) mass is 316 g/mol. The van der Waals surface area contributed by atoms with Crippen molar-refractivity contribution in [2.24, 2.45) is 7.05 Å². The second-order valence-electron chi connectivity index (χ2n) is 5.24.